The van der Waals surface area contributed by atoms with Crippen LogP contribution in [0.3, 0.4) is 0 Å². The average Bonchev–Trinajstić information content (AvgIpc) is 2.58. The Balaban J connectivity index is 2.30. The SMILES string of the molecule is CC(C)(C)C1=CC(CC=CC2=CC(C(C)(C)C)=[Te]C(C(C)(C)C)=C2)C=C(C(C)(C)C)[Te]1. The van der Waals surface area contributed by atoms with Gasteiger partial charge in [-0.3, -0.25) is 0 Å². The zero-order valence-electron chi connectivity index (χ0n) is 22.1. The number of rotatable bonds is 3. The third-order valence-electron chi connectivity index (χ3n) is 5.44. The van der Waals surface area contributed by atoms with Crippen LogP contribution in [0.5, 0.6) is 0 Å². The Bertz CT molecular complexity index is 813. The first-order chi connectivity index (χ1) is 13.9. The summed E-state index contributed by atoms with van der Waals surface area (Å²) in [5.41, 5.74) is 2.54. The molecule has 2 aliphatic heterocycles. The molecule has 0 aromatic carbocycles. The molecule has 0 bridgehead atoms. The number of hydrogen-bond acceptors (Lipinski definition) is 0. The molecule has 0 spiro atoms. The Morgan fingerprint density at radius 1 is 0.677 bits per heavy atom. The van der Waals surface area contributed by atoms with E-state index < -0.39 is 0 Å². The molecule has 2 heteroatoms. The molecule has 0 aromatic rings. The molecule has 0 aromatic heterocycles. The second kappa shape index (κ2) is 9.79. The summed E-state index contributed by atoms with van der Waals surface area (Å²) in [5.74, 6) is 0.536. The molecular formula is C29H45Te2. The van der Waals surface area contributed by atoms with Crippen LogP contribution in [0.15, 0.2) is 52.9 Å². The van der Waals surface area contributed by atoms with Crippen LogP contribution in [0.25, 0.3) is 0 Å². The summed E-state index contributed by atoms with van der Waals surface area (Å²) < 4.78 is 6.81. The van der Waals surface area contributed by atoms with Crippen molar-refractivity contribution in [1.29, 1.82) is 0 Å². The summed E-state index contributed by atoms with van der Waals surface area (Å²) in [6.45, 7) is 28.6. The van der Waals surface area contributed by atoms with E-state index in [9.17, 15) is 0 Å². The third-order valence-corrected chi connectivity index (χ3v) is 16.4. The van der Waals surface area contributed by atoms with Gasteiger partial charge >= 0.3 is 215 Å². The zero-order valence-corrected chi connectivity index (χ0v) is 26.7. The normalized spacial score (nSPS) is 19.7. The van der Waals surface area contributed by atoms with Gasteiger partial charge in [0.2, 0.25) is 0 Å². The Morgan fingerprint density at radius 3 is 1.58 bits per heavy atom. The van der Waals surface area contributed by atoms with E-state index in [1.54, 1.807) is 14.4 Å². The van der Waals surface area contributed by atoms with Gasteiger partial charge in [-0.15, -0.1) is 0 Å². The third kappa shape index (κ3) is 8.15. The van der Waals surface area contributed by atoms with Crippen molar-refractivity contribution in [2.75, 3.05) is 0 Å². The molecule has 0 saturated carbocycles. The minimum absolute atomic E-state index is 0.221. The molecule has 1 radical (unpaired) electrons. The van der Waals surface area contributed by atoms with Crippen LogP contribution in [0.4, 0.5) is 0 Å². The van der Waals surface area contributed by atoms with E-state index in [1.165, 1.54) is 5.57 Å². The summed E-state index contributed by atoms with van der Waals surface area (Å²) >= 11 is -0.468. The van der Waals surface area contributed by atoms with Gasteiger partial charge in [0.1, 0.15) is 0 Å². The van der Waals surface area contributed by atoms with E-state index in [4.69, 9.17) is 0 Å². The molecular weight excluding hydrogens is 604 g/mol. The molecule has 31 heavy (non-hydrogen) atoms. The quantitative estimate of drug-likeness (QED) is 0.273. The van der Waals surface area contributed by atoms with Gasteiger partial charge in [-0.1, -0.05) is 0 Å². The van der Waals surface area contributed by atoms with Gasteiger partial charge in [0.15, 0.2) is 0 Å². The van der Waals surface area contributed by atoms with Crippen LogP contribution < -0.4 is 0 Å². The first-order valence-electron chi connectivity index (χ1n) is 11.7. The maximum atomic E-state index is 2.60. The first-order valence-corrected chi connectivity index (χ1v) is 16.3. The molecule has 0 atom stereocenters. The van der Waals surface area contributed by atoms with Crippen molar-refractivity contribution in [2.45, 2.75) is 89.5 Å². The van der Waals surface area contributed by atoms with E-state index in [2.05, 4.69) is 120 Å². The molecule has 2 aliphatic rings. The summed E-state index contributed by atoms with van der Waals surface area (Å²) in [6, 6.07) is 0. The van der Waals surface area contributed by atoms with Gasteiger partial charge in [-0.05, 0) is 0 Å². The monoisotopic (exact) mass is 653 g/mol. The molecule has 0 unspecified atom stereocenters. The van der Waals surface area contributed by atoms with E-state index in [1.807, 2.05) is 0 Å². The molecule has 173 valence electrons. The van der Waals surface area contributed by atoms with Gasteiger partial charge in [0.25, 0.3) is 0 Å². The van der Waals surface area contributed by atoms with E-state index in [-0.39, 0.29) is 52.2 Å². The minimum atomic E-state index is -0.247. The standard InChI is InChI=1S/C29H45Te2/c1-26(2,3)22-16-20(17-23(30-22)27(4,5)6)14-13-15-21-18-24(28(7,8)9)31-25(19-21)29(10,11)12/h13-14,16-19,21H,15H2,1-12H3. The van der Waals surface area contributed by atoms with Crippen LogP contribution in [0.1, 0.15) is 89.5 Å². The van der Waals surface area contributed by atoms with E-state index >= 15 is 0 Å². The summed E-state index contributed by atoms with van der Waals surface area (Å²) in [4.78, 5) is 0. The fourth-order valence-electron chi connectivity index (χ4n) is 3.28. The van der Waals surface area contributed by atoms with Gasteiger partial charge in [0.05, 0.1) is 0 Å². The molecule has 0 fully saturated rings. The fourth-order valence-corrected chi connectivity index (χ4v) is 10.6. The second-order valence-electron chi connectivity index (χ2n) is 13.1. The van der Waals surface area contributed by atoms with Crippen LogP contribution in [-0.4, -0.2) is 44.9 Å². The van der Waals surface area contributed by atoms with Crippen LogP contribution in [-0.2, 0) is 0 Å². The van der Waals surface area contributed by atoms with Crippen molar-refractivity contribution in [3.05, 3.63) is 52.9 Å². The Labute approximate surface area is 213 Å². The molecule has 2 rings (SSSR count). The van der Waals surface area contributed by atoms with Crippen molar-refractivity contribution >= 4 is 44.9 Å². The molecule has 0 aliphatic carbocycles. The predicted octanol–water partition coefficient (Wildman–Crippen LogP) is 7.92. The maximum absolute atomic E-state index is 2.60. The molecule has 0 N–H and O–H groups in total. The van der Waals surface area contributed by atoms with Crippen molar-refractivity contribution in [3.8, 4) is 0 Å². The fraction of sp³-hybridized carbons (Fsp3) is 0.621. The summed E-state index contributed by atoms with van der Waals surface area (Å²) in [5, 5.41) is 0. The van der Waals surface area contributed by atoms with Gasteiger partial charge in [-0.2, -0.15) is 0 Å². The summed E-state index contributed by atoms with van der Waals surface area (Å²) in [7, 11) is 0. The predicted molar refractivity (Wildman–Crippen MR) is 144 cm³/mol. The Hall–Kier alpha value is 0.149. The van der Waals surface area contributed by atoms with Gasteiger partial charge in [-0.25, -0.2) is 0 Å². The number of hydrogen-bond donors (Lipinski definition) is 0. The van der Waals surface area contributed by atoms with Gasteiger partial charge < -0.3 is 0 Å². The summed E-state index contributed by atoms with van der Waals surface area (Å²) in [6.07, 6.45) is 16.1. The van der Waals surface area contributed by atoms with Crippen molar-refractivity contribution in [2.24, 2.45) is 27.6 Å². The zero-order chi connectivity index (χ0) is 23.8. The van der Waals surface area contributed by atoms with Crippen molar-refractivity contribution in [1.82, 2.24) is 0 Å². The number of allylic oxidation sites excluding steroid dienone is 10. The van der Waals surface area contributed by atoms with Crippen molar-refractivity contribution < 1.29 is 0 Å². The van der Waals surface area contributed by atoms with Crippen LogP contribution in [0, 0.1) is 27.6 Å². The Kier molecular flexibility index (Phi) is 8.65. The first kappa shape index (κ1) is 27.4. The molecule has 0 saturated heterocycles. The van der Waals surface area contributed by atoms with Crippen molar-refractivity contribution in [3.63, 3.8) is 0 Å². The second-order valence-corrected chi connectivity index (χ2v) is 19.3. The molecule has 2 heterocycles. The van der Waals surface area contributed by atoms with E-state index in [0.717, 1.165) is 6.42 Å². The van der Waals surface area contributed by atoms with E-state index in [0.29, 0.717) is 16.7 Å². The topological polar surface area (TPSA) is 0 Å². The van der Waals surface area contributed by atoms with Crippen LogP contribution in [0.2, 0.25) is 0 Å². The Morgan fingerprint density at radius 2 is 1.16 bits per heavy atom. The average molecular weight is 649 g/mol. The van der Waals surface area contributed by atoms with Crippen LogP contribution >= 0.6 is 0 Å². The van der Waals surface area contributed by atoms with Gasteiger partial charge in [0, 0.05) is 0 Å². The molecule has 0 amide bonds. The molecule has 0 nitrogen and oxygen atoms in total.